The van der Waals surface area contributed by atoms with E-state index in [1.54, 1.807) is 7.11 Å². The second-order valence-corrected chi connectivity index (χ2v) is 10.2. The SMILES string of the molecule is CCC(CC(C)N=C(NC(N)=NC(C)C)N(C)C1CCN(C)CC1)C1C=C(Cl)C(OC)=CC1. The minimum Gasteiger partial charge on any atom is -0.496 e. The van der Waals surface area contributed by atoms with Crippen molar-refractivity contribution < 1.29 is 4.74 Å². The number of halogens is 1. The molecule has 2 aliphatic rings. The monoisotopic (exact) mass is 480 g/mol. The number of piperidine rings is 1. The molecular formula is C25H45ClN6O. The van der Waals surface area contributed by atoms with E-state index in [1.807, 2.05) is 13.8 Å². The molecule has 3 unspecified atom stereocenters. The highest BCUT2D eigenvalue weighted by atomic mass is 35.5. The summed E-state index contributed by atoms with van der Waals surface area (Å²) in [6.45, 7) is 10.7. The van der Waals surface area contributed by atoms with Gasteiger partial charge in [-0.2, -0.15) is 0 Å². The zero-order valence-electron chi connectivity index (χ0n) is 21.6. The average molecular weight is 481 g/mol. The Morgan fingerprint density at radius 2 is 1.97 bits per heavy atom. The Labute approximate surface area is 206 Å². The number of aliphatic imine (C=N–C) groups is 2. The molecule has 1 heterocycles. The fourth-order valence-electron chi connectivity index (χ4n) is 4.72. The summed E-state index contributed by atoms with van der Waals surface area (Å²) in [4.78, 5) is 14.2. The molecule has 0 spiro atoms. The van der Waals surface area contributed by atoms with Crippen molar-refractivity contribution in [3.05, 3.63) is 22.9 Å². The van der Waals surface area contributed by atoms with Crippen molar-refractivity contribution in [2.45, 2.75) is 77.9 Å². The minimum absolute atomic E-state index is 0.127. The van der Waals surface area contributed by atoms with Crippen LogP contribution in [0, 0.1) is 11.8 Å². The van der Waals surface area contributed by atoms with Gasteiger partial charge in [-0.3, -0.25) is 10.3 Å². The Balaban J connectivity index is 2.16. The first-order chi connectivity index (χ1) is 15.6. The van der Waals surface area contributed by atoms with Crippen molar-refractivity contribution in [3.8, 4) is 0 Å². The molecule has 1 aliphatic carbocycles. The van der Waals surface area contributed by atoms with E-state index < -0.39 is 0 Å². The smallest absolute Gasteiger partial charge is 0.201 e. The van der Waals surface area contributed by atoms with Gasteiger partial charge in [0.25, 0.3) is 0 Å². The molecule has 2 rings (SSSR count). The third-order valence-corrected chi connectivity index (χ3v) is 7.03. The molecular weight excluding hydrogens is 436 g/mol. The zero-order valence-corrected chi connectivity index (χ0v) is 22.4. The van der Waals surface area contributed by atoms with Gasteiger partial charge >= 0.3 is 0 Å². The number of nitrogens with zero attached hydrogens (tertiary/aromatic N) is 4. The Hall–Kier alpha value is -1.73. The fourth-order valence-corrected chi connectivity index (χ4v) is 5.04. The van der Waals surface area contributed by atoms with E-state index in [9.17, 15) is 0 Å². The van der Waals surface area contributed by atoms with Crippen LogP contribution in [-0.2, 0) is 4.74 Å². The van der Waals surface area contributed by atoms with Crippen LogP contribution in [0.25, 0.3) is 0 Å². The first-order valence-electron chi connectivity index (χ1n) is 12.4. The summed E-state index contributed by atoms with van der Waals surface area (Å²) in [6, 6.07) is 0.700. The van der Waals surface area contributed by atoms with Gasteiger partial charge in [-0.1, -0.05) is 31.0 Å². The lowest BCUT2D eigenvalue weighted by Gasteiger charge is -2.37. The van der Waals surface area contributed by atoms with E-state index in [2.05, 4.69) is 60.2 Å². The molecule has 0 saturated carbocycles. The summed E-state index contributed by atoms with van der Waals surface area (Å²) in [5.41, 5.74) is 6.21. The predicted octanol–water partition coefficient (Wildman–Crippen LogP) is 4.16. The van der Waals surface area contributed by atoms with Crippen LogP contribution in [0.2, 0.25) is 0 Å². The molecule has 0 bridgehead atoms. The molecule has 0 radical (unpaired) electrons. The molecule has 0 aromatic rings. The molecule has 3 N–H and O–H groups in total. The normalized spacial score (nSPS) is 23.1. The van der Waals surface area contributed by atoms with Crippen LogP contribution < -0.4 is 11.1 Å². The summed E-state index contributed by atoms with van der Waals surface area (Å²) >= 11 is 6.43. The van der Waals surface area contributed by atoms with Crippen molar-refractivity contribution in [1.29, 1.82) is 0 Å². The Bertz CT molecular complexity index is 739. The summed E-state index contributed by atoms with van der Waals surface area (Å²) in [6.07, 6.45) is 9.48. The highest BCUT2D eigenvalue weighted by Crippen LogP contribution is 2.34. The standard InChI is InChI=1S/C25H45ClN6O/c1-8-19(20-9-10-23(33-7)22(26)16-20)15-18(4)29-25(30-24(27)28-17(2)3)32(6)21-11-13-31(5)14-12-21/h10,16-21H,8-9,11-15H2,1-7H3,(H3,27,28,29,30). The summed E-state index contributed by atoms with van der Waals surface area (Å²) < 4.78 is 5.35. The highest BCUT2D eigenvalue weighted by Gasteiger charge is 2.26. The lowest BCUT2D eigenvalue weighted by molar-refractivity contribution is 0.190. The highest BCUT2D eigenvalue weighted by molar-refractivity contribution is 6.31. The van der Waals surface area contributed by atoms with E-state index in [0.717, 1.165) is 56.9 Å². The van der Waals surface area contributed by atoms with Crippen LogP contribution in [0.1, 0.15) is 59.8 Å². The van der Waals surface area contributed by atoms with Crippen LogP contribution in [0.15, 0.2) is 32.9 Å². The van der Waals surface area contributed by atoms with Crippen LogP contribution >= 0.6 is 11.6 Å². The molecule has 3 atom stereocenters. The Morgan fingerprint density at radius 1 is 1.30 bits per heavy atom. The fraction of sp³-hybridized carbons (Fsp3) is 0.760. The molecule has 188 valence electrons. The van der Waals surface area contributed by atoms with Gasteiger partial charge in [-0.15, -0.1) is 0 Å². The third-order valence-electron chi connectivity index (χ3n) is 6.71. The lowest BCUT2D eigenvalue weighted by atomic mass is 9.81. The van der Waals surface area contributed by atoms with Gasteiger partial charge in [-0.05, 0) is 84.5 Å². The zero-order chi connectivity index (χ0) is 24.5. The number of rotatable bonds is 8. The minimum atomic E-state index is 0.127. The van der Waals surface area contributed by atoms with Crippen molar-refractivity contribution >= 4 is 23.5 Å². The third kappa shape index (κ3) is 8.53. The molecule has 0 aromatic carbocycles. The quantitative estimate of drug-likeness (QED) is 0.403. The molecule has 1 saturated heterocycles. The number of hydrogen-bond donors (Lipinski definition) is 2. The largest absolute Gasteiger partial charge is 0.496 e. The van der Waals surface area contributed by atoms with Crippen LogP contribution in [0.3, 0.4) is 0 Å². The topological polar surface area (TPSA) is 78.5 Å². The van der Waals surface area contributed by atoms with Gasteiger partial charge in [0.1, 0.15) is 5.76 Å². The number of hydrogen-bond acceptors (Lipinski definition) is 4. The second-order valence-electron chi connectivity index (χ2n) is 9.77. The molecule has 0 amide bonds. The summed E-state index contributed by atoms with van der Waals surface area (Å²) in [5, 5.41) is 4.02. The van der Waals surface area contributed by atoms with Crippen LogP contribution in [0.5, 0.6) is 0 Å². The van der Waals surface area contributed by atoms with Crippen LogP contribution in [-0.4, -0.2) is 74.1 Å². The Kier molecular flexibility index (Phi) is 11.0. The first-order valence-corrected chi connectivity index (χ1v) is 12.7. The van der Waals surface area contributed by atoms with Gasteiger partial charge in [0.2, 0.25) is 5.96 Å². The first kappa shape index (κ1) is 27.5. The van der Waals surface area contributed by atoms with Gasteiger partial charge in [-0.25, -0.2) is 4.99 Å². The van der Waals surface area contributed by atoms with E-state index in [1.165, 1.54) is 0 Å². The van der Waals surface area contributed by atoms with Gasteiger partial charge < -0.3 is 20.3 Å². The molecule has 0 aromatic heterocycles. The van der Waals surface area contributed by atoms with Crippen molar-refractivity contribution in [3.63, 3.8) is 0 Å². The number of ether oxygens (including phenoxy) is 1. The number of nitrogens with one attached hydrogen (secondary N) is 1. The van der Waals surface area contributed by atoms with Gasteiger partial charge in [0.05, 0.1) is 18.2 Å². The average Bonchev–Trinajstić information content (AvgIpc) is 2.76. The Morgan fingerprint density at radius 3 is 2.52 bits per heavy atom. The van der Waals surface area contributed by atoms with Crippen molar-refractivity contribution in [1.82, 2.24) is 15.1 Å². The van der Waals surface area contributed by atoms with Crippen molar-refractivity contribution in [2.24, 2.45) is 27.6 Å². The number of guanidine groups is 2. The maximum absolute atomic E-state index is 6.43. The van der Waals surface area contributed by atoms with Gasteiger partial charge in [0.15, 0.2) is 5.96 Å². The van der Waals surface area contributed by atoms with E-state index in [4.69, 9.17) is 27.1 Å². The molecule has 1 fully saturated rings. The number of likely N-dealkylation sites (tertiary alicyclic amines) is 1. The lowest BCUT2D eigenvalue weighted by Crippen LogP contribution is -2.52. The molecule has 1 aliphatic heterocycles. The van der Waals surface area contributed by atoms with Crippen molar-refractivity contribution in [2.75, 3.05) is 34.3 Å². The summed E-state index contributed by atoms with van der Waals surface area (Å²) in [5.74, 6) is 2.90. The number of methoxy groups -OCH3 is 1. The number of nitrogens with two attached hydrogens (primary N) is 1. The van der Waals surface area contributed by atoms with Crippen LogP contribution in [0.4, 0.5) is 0 Å². The van der Waals surface area contributed by atoms with E-state index in [0.29, 0.717) is 28.9 Å². The van der Waals surface area contributed by atoms with Gasteiger partial charge in [0, 0.05) is 19.1 Å². The maximum atomic E-state index is 6.43. The maximum Gasteiger partial charge on any atom is 0.201 e. The van der Waals surface area contributed by atoms with E-state index in [-0.39, 0.29) is 12.1 Å². The summed E-state index contributed by atoms with van der Waals surface area (Å²) in [7, 11) is 5.97. The number of allylic oxidation sites excluding steroid dienone is 3. The molecule has 33 heavy (non-hydrogen) atoms. The molecule has 8 heteroatoms. The van der Waals surface area contributed by atoms with E-state index >= 15 is 0 Å². The predicted molar refractivity (Wildman–Crippen MR) is 141 cm³/mol. The second kappa shape index (κ2) is 13.2. The molecule has 7 nitrogen and oxygen atoms in total.